The molecule has 1 aliphatic rings. The molecule has 0 radical (unpaired) electrons. The van der Waals surface area contributed by atoms with Crippen molar-refractivity contribution in [1.82, 2.24) is 20.2 Å². The molecule has 0 bridgehead atoms. The predicted molar refractivity (Wildman–Crippen MR) is 126 cm³/mol. The third-order valence-electron chi connectivity index (χ3n) is 5.19. The Balaban J connectivity index is 1.45. The minimum atomic E-state index is -0.125. The van der Waals surface area contributed by atoms with E-state index in [0.29, 0.717) is 18.7 Å². The molecule has 4 N–H and O–H groups in total. The van der Waals surface area contributed by atoms with Crippen LogP contribution in [-0.4, -0.2) is 67.1 Å². The van der Waals surface area contributed by atoms with Gasteiger partial charge in [-0.3, -0.25) is 4.79 Å². The zero-order valence-electron chi connectivity index (χ0n) is 17.5. The Kier molecular flexibility index (Phi) is 6.76. The van der Waals surface area contributed by atoms with E-state index in [-0.39, 0.29) is 5.91 Å². The standard InChI is InChI=1S/C22H27N7OS/c1-28-9-11-29(12-10-28)18-5-7-24-20(14-18)27-22-26-15-19(31-22)16-3-2-4-17(13-16)21(30)25-8-6-23/h2-5,7,13-15H,6,8-12,23H2,1H3,(H,25,30)(H,24,26,27). The Morgan fingerprint density at radius 1 is 1.16 bits per heavy atom. The van der Waals surface area contributed by atoms with Gasteiger partial charge >= 0.3 is 0 Å². The van der Waals surface area contributed by atoms with Crippen molar-refractivity contribution in [2.75, 3.05) is 56.5 Å². The van der Waals surface area contributed by atoms with Gasteiger partial charge in [0.25, 0.3) is 5.91 Å². The molecule has 1 fully saturated rings. The van der Waals surface area contributed by atoms with Gasteiger partial charge in [-0.25, -0.2) is 9.97 Å². The highest BCUT2D eigenvalue weighted by Gasteiger charge is 2.15. The lowest BCUT2D eigenvalue weighted by Crippen LogP contribution is -2.44. The van der Waals surface area contributed by atoms with Gasteiger partial charge in [0.05, 0.1) is 4.88 Å². The molecule has 3 aromatic rings. The summed E-state index contributed by atoms with van der Waals surface area (Å²) < 4.78 is 0. The van der Waals surface area contributed by atoms with Crippen molar-refractivity contribution in [2.45, 2.75) is 0 Å². The van der Waals surface area contributed by atoms with Gasteiger partial charge in [0, 0.05) is 69.0 Å². The molecule has 0 unspecified atom stereocenters. The molecule has 0 aliphatic carbocycles. The minimum Gasteiger partial charge on any atom is -0.369 e. The molecule has 0 atom stereocenters. The fourth-order valence-corrected chi connectivity index (χ4v) is 4.25. The van der Waals surface area contributed by atoms with Crippen LogP contribution in [-0.2, 0) is 0 Å². The molecule has 4 rings (SSSR count). The quantitative estimate of drug-likeness (QED) is 0.522. The fourth-order valence-electron chi connectivity index (χ4n) is 3.43. The lowest BCUT2D eigenvalue weighted by Gasteiger charge is -2.34. The second-order valence-electron chi connectivity index (χ2n) is 7.47. The number of nitrogens with two attached hydrogens (primary N) is 1. The van der Waals surface area contributed by atoms with Crippen LogP contribution >= 0.6 is 11.3 Å². The topological polar surface area (TPSA) is 99.4 Å². The summed E-state index contributed by atoms with van der Waals surface area (Å²) in [5, 5.41) is 6.87. The van der Waals surface area contributed by atoms with E-state index in [1.165, 1.54) is 17.0 Å². The molecular weight excluding hydrogens is 410 g/mol. The van der Waals surface area contributed by atoms with E-state index in [9.17, 15) is 4.79 Å². The van der Waals surface area contributed by atoms with E-state index >= 15 is 0 Å². The highest BCUT2D eigenvalue weighted by molar-refractivity contribution is 7.18. The van der Waals surface area contributed by atoms with Crippen LogP contribution in [0.5, 0.6) is 0 Å². The molecular formula is C22H27N7OS. The number of carbonyl (C=O) groups is 1. The van der Waals surface area contributed by atoms with E-state index in [4.69, 9.17) is 5.73 Å². The van der Waals surface area contributed by atoms with Crippen LogP contribution in [0.2, 0.25) is 0 Å². The summed E-state index contributed by atoms with van der Waals surface area (Å²) in [6.07, 6.45) is 3.64. The fraction of sp³-hybridized carbons (Fsp3) is 0.318. The molecule has 1 amide bonds. The lowest BCUT2D eigenvalue weighted by atomic mass is 10.1. The molecule has 8 nitrogen and oxygen atoms in total. The number of nitrogens with one attached hydrogen (secondary N) is 2. The molecule has 1 saturated heterocycles. The van der Waals surface area contributed by atoms with Gasteiger partial charge in [-0.2, -0.15) is 0 Å². The maximum Gasteiger partial charge on any atom is 0.251 e. The smallest absolute Gasteiger partial charge is 0.251 e. The zero-order valence-corrected chi connectivity index (χ0v) is 18.4. The van der Waals surface area contributed by atoms with Crippen molar-refractivity contribution in [3.8, 4) is 10.4 Å². The minimum absolute atomic E-state index is 0.125. The first kappa shape index (κ1) is 21.2. The van der Waals surface area contributed by atoms with E-state index in [1.54, 1.807) is 6.07 Å². The van der Waals surface area contributed by atoms with Gasteiger partial charge in [0.15, 0.2) is 5.13 Å². The number of anilines is 3. The van der Waals surface area contributed by atoms with E-state index in [0.717, 1.165) is 47.6 Å². The summed E-state index contributed by atoms with van der Waals surface area (Å²) in [6.45, 7) is 5.01. The molecule has 0 saturated carbocycles. The van der Waals surface area contributed by atoms with Crippen molar-refractivity contribution in [3.05, 3.63) is 54.4 Å². The summed E-state index contributed by atoms with van der Waals surface area (Å²) in [5.41, 5.74) is 8.18. The number of thiazole rings is 1. The molecule has 31 heavy (non-hydrogen) atoms. The summed E-state index contributed by atoms with van der Waals surface area (Å²) >= 11 is 1.53. The van der Waals surface area contributed by atoms with Crippen molar-refractivity contribution in [2.24, 2.45) is 5.73 Å². The van der Waals surface area contributed by atoms with Crippen molar-refractivity contribution in [3.63, 3.8) is 0 Å². The van der Waals surface area contributed by atoms with Crippen LogP contribution in [0.25, 0.3) is 10.4 Å². The summed E-state index contributed by atoms with van der Waals surface area (Å²) in [5.74, 6) is 0.646. The number of carbonyl (C=O) groups excluding carboxylic acids is 1. The third-order valence-corrected chi connectivity index (χ3v) is 6.15. The summed E-state index contributed by atoms with van der Waals surface area (Å²) in [6, 6.07) is 11.6. The third kappa shape index (κ3) is 5.38. The Morgan fingerprint density at radius 2 is 2.00 bits per heavy atom. The zero-order chi connectivity index (χ0) is 21.6. The summed E-state index contributed by atoms with van der Waals surface area (Å²) in [4.78, 5) is 26.8. The molecule has 1 aromatic carbocycles. The lowest BCUT2D eigenvalue weighted by molar-refractivity contribution is 0.0955. The normalized spacial score (nSPS) is 14.5. The monoisotopic (exact) mass is 437 g/mol. The SMILES string of the molecule is CN1CCN(c2ccnc(Nc3ncc(-c4cccc(C(=O)NCCN)c4)s3)c2)CC1. The number of pyridine rings is 1. The second-order valence-corrected chi connectivity index (χ2v) is 8.50. The molecule has 2 aromatic heterocycles. The molecule has 9 heteroatoms. The van der Waals surface area contributed by atoms with Crippen LogP contribution in [0.1, 0.15) is 10.4 Å². The van der Waals surface area contributed by atoms with Gasteiger partial charge in [-0.15, -0.1) is 0 Å². The van der Waals surface area contributed by atoms with E-state index in [2.05, 4.69) is 43.5 Å². The first-order valence-corrected chi connectivity index (χ1v) is 11.1. The van der Waals surface area contributed by atoms with Gasteiger partial charge in [-0.1, -0.05) is 23.5 Å². The highest BCUT2D eigenvalue weighted by Crippen LogP contribution is 2.31. The second kappa shape index (κ2) is 9.86. The van der Waals surface area contributed by atoms with Gasteiger partial charge in [0.1, 0.15) is 5.82 Å². The van der Waals surface area contributed by atoms with E-state index < -0.39 is 0 Å². The van der Waals surface area contributed by atoms with Crippen LogP contribution in [0.4, 0.5) is 16.6 Å². The average Bonchev–Trinajstić information content (AvgIpc) is 3.27. The molecule has 162 valence electrons. The largest absolute Gasteiger partial charge is 0.369 e. The van der Waals surface area contributed by atoms with Gasteiger partial charge < -0.3 is 26.2 Å². The van der Waals surface area contributed by atoms with E-state index in [1.807, 2.05) is 36.7 Å². The Hall–Kier alpha value is -3.01. The number of hydrogen-bond acceptors (Lipinski definition) is 8. The number of rotatable bonds is 7. The van der Waals surface area contributed by atoms with Crippen molar-refractivity contribution < 1.29 is 4.79 Å². The number of aromatic nitrogens is 2. The number of benzene rings is 1. The number of hydrogen-bond donors (Lipinski definition) is 3. The Labute approximate surface area is 186 Å². The summed E-state index contributed by atoms with van der Waals surface area (Å²) in [7, 11) is 2.15. The Morgan fingerprint density at radius 3 is 2.81 bits per heavy atom. The molecule has 1 aliphatic heterocycles. The number of likely N-dealkylation sites (N-methyl/N-ethyl adjacent to an activating group) is 1. The molecule has 0 spiro atoms. The van der Waals surface area contributed by atoms with Crippen molar-refractivity contribution >= 4 is 33.9 Å². The van der Waals surface area contributed by atoms with Crippen LogP contribution in [0.15, 0.2) is 48.8 Å². The predicted octanol–water partition coefficient (Wildman–Crippen LogP) is 2.39. The maximum atomic E-state index is 12.2. The maximum absolute atomic E-state index is 12.2. The van der Waals surface area contributed by atoms with Crippen LogP contribution < -0.4 is 21.3 Å². The first-order valence-electron chi connectivity index (χ1n) is 10.3. The number of piperazine rings is 1. The average molecular weight is 438 g/mol. The van der Waals surface area contributed by atoms with Gasteiger partial charge in [0.2, 0.25) is 0 Å². The molecule has 3 heterocycles. The highest BCUT2D eigenvalue weighted by atomic mass is 32.1. The first-order chi connectivity index (χ1) is 15.1. The Bertz CT molecular complexity index is 1030. The van der Waals surface area contributed by atoms with Crippen molar-refractivity contribution in [1.29, 1.82) is 0 Å². The van der Waals surface area contributed by atoms with Crippen LogP contribution in [0.3, 0.4) is 0 Å². The van der Waals surface area contributed by atoms with Gasteiger partial charge in [-0.05, 0) is 30.8 Å². The van der Waals surface area contributed by atoms with Crippen LogP contribution in [0, 0.1) is 0 Å². The number of amides is 1. The number of nitrogens with zero attached hydrogens (tertiary/aromatic N) is 4.